The number of benzene rings is 2. The second kappa shape index (κ2) is 12.8. The number of H-pyrrole nitrogens is 1. The Morgan fingerprint density at radius 2 is 1.93 bits per heavy atom. The molecular formula is C27H25ClFN9O5. The minimum absolute atomic E-state index is 0.0751. The predicted octanol–water partition coefficient (Wildman–Crippen LogP) is 2.57. The van der Waals surface area contributed by atoms with Crippen LogP contribution in [0.2, 0.25) is 5.02 Å². The Labute approximate surface area is 247 Å². The normalized spacial score (nSPS) is 14.1. The van der Waals surface area contributed by atoms with Crippen LogP contribution in [0.15, 0.2) is 42.7 Å². The van der Waals surface area contributed by atoms with Crippen molar-refractivity contribution < 1.29 is 28.7 Å². The highest BCUT2D eigenvalue weighted by molar-refractivity contribution is 6.31. The van der Waals surface area contributed by atoms with Crippen molar-refractivity contribution in [1.82, 2.24) is 40.4 Å². The topological polar surface area (TPSA) is 188 Å². The van der Waals surface area contributed by atoms with Crippen molar-refractivity contribution in [3.63, 3.8) is 0 Å². The van der Waals surface area contributed by atoms with Crippen molar-refractivity contribution in [2.75, 3.05) is 18.4 Å². The Bertz CT molecular complexity index is 1720. The molecule has 1 saturated heterocycles. The zero-order valence-corrected chi connectivity index (χ0v) is 23.2. The fourth-order valence-corrected chi connectivity index (χ4v) is 4.80. The zero-order chi connectivity index (χ0) is 30.5. The van der Waals surface area contributed by atoms with E-state index in [1.807, 2.05) is 0 Å². The van der Waals surface area contributed by atoms with Crippen LogP contribution in [0.25, 0.3) is 22.8 Å². The maximum absolute atomic E-state index is 14.9. The summed E-state index contributed by atoms with van der Waals surface area (Å²) in [5.74, 6) is -4.08. The average Bonchev–Trinajstić information content (AvgIpc) is 3.68. The molecule has 222 valence electrons. The molecule has 1 fully saturated rings. The van der Waals surface area contributed by atoms with Gasteiger partial charge in [-0.3, -0.25) is 14.4 Å². The number of nitrogens with zero attached hydrogens (tertiary/aromatic N) is 6. The van der Waals surface area contributed by atoms with E-state index < -0.39 is 29.6 Å². The molecule has 1 unspecified atom stereocenters. The third-order valence-corrected chi connectivity index (χ3v) is 7.07. The number of rotatable bonds is 9. The van der Waals surface area contributed by atoms with E-state index in [-0.39, 0.29) is 40.1 Å². The molecule has 43 heavy (non-hydrogen) atoms. The van der Waals surface area contributed by atoms with Crippen molar-refractivity contribution in [2.24, 2.45) is 0 Å². The van der Waals surface area contributed by atoms with Gasteiger partial charge in [-0.25, -0.2) is 14.2 Å². The van der Waals surface area contributed by atoms with Crippen LogP contribution in [0, 0.1) is 5.82 Å². The van der Waals surface area contributed by atoms with E-state index in [4.69, 9.17) is 11.6 Å². The summed E-state index contributed by atoms with van der Waals surface area (Å²) in [6.45, 7) is 1.11. The van der Waals surface area contributed by atoms with Crippen LogP contribution >= 0.6 is 11.6 Å². The molecule has 0 spiro atoms. The summed E-state index contributed by atoms with van der Waals surface area (Å²) in [5, 5.41) is 25.0. The van der Waals surface area contributed by atoms with Crippen LogP contribution < -0.4 is 10.6 Å². The van der Waals surface area contributed by atoms with E-state index in [1.165, 1.54) is 47.4 Å². The van der Waals surface area contributed by atoms with Gasteiger partial charge in [0.1, 0.15) is 12.4 Å². The first-order valence-electron chi connectivity index (χ1n) is 13.2. The lowest BCUT2D eigenvalue weighted by atomic mass is 10.1. The Hall–Kier alpha value is -5.18. The van der Waals surface area contributed by atoms with Crippen molar-refractivity contribution in [2.45, 2.75) is 31.7 Å². The molecule has 1 aliphatic rings. The lowest BCUT2D eigenvalue weighted by Gasteiger charge is -2.28. The van der Waals surface area contributed by atoms with Crippen LogP contribution in [0.3, 0.4) is 0 Å². The minimum atomic E-state index is -1.29. The zero-order valence-electron chi connectivity index (χ0n) is 22.5. The quantitative estimate of drug-likeness (QED) is 0.207. The SMILES string of the molecule is O=C(/C=C/c1c(-n2cnnn2)ccc(Cl)c1F)NC(CC(=O)N1CCCCC1)C(=O)Nc1ccc2nc(C(=O)O)[nH]c2c1. The average molecular weight is 610 g/mol. The van der Waals surface area contributed by atoms with Gasteiger partial charge in [-0.2, -0.15) is 4.68 Å². The first-order valence-corrected chi connectivity index (χ1v) is 13.6. The molecule has 0 bridgehead atoms. The van der Waals surface area contributed by atoms with E-state index in [1.54, 1.807) is 4.90 Å². The largest absolute Gasteiger partial charge is 0.475 e. The lowest BCUT2D eigenvalue weighted by Crippen LogP contribution is -2.47. The summed E-state index contributed by atoms with van der Waals surface area (Å²) in [7, 11) is 0. The maximum Gasteiger partial charge on any atom is 0.371 e. The molecular weight excluding hydrogens is 585 g/mol. The number of hydrogen-bond acceptors (Lipinski definition) is 8. The van der Waals surface area contributed by atoms with Gasteiger partial charge < -0.3 is 25.6 Å². The summed E-state index contributed by atoms with van der Waals surface area (Å²) in [5.41, 5.74) is 1.16. The van der Waals surface area contributed by atoms with Crippen molar-refractivity contribution in [3.8, 4) is 5.69 Å². The van der Waals surface area contributed by atoms with Crippen molar-refractivity contribution in [1.29, 1.82) is 0 Å². The van der Waals surface area contributed by atoms with Gasteiger partial charge in [0.25, 0.3) is 0 Å². The number of carboxylic acid groups (broad SMARTS) is 1. The van der Waals surface area contributed by atoms with Gasteiger partial charge >= 0.3 is 5.97 Å². The number of imidazole rings is 1. The van der Waals surface area contributed by atoms with Crippen LogP contribution in [-0.2, 0) is 14.4 Å². The number of carboxylic acids is 1. The van der Waals surface area contributed by atoms with E-state index in [2.05, 4.69) is 36.1 Å². The molecule has 1 aliphatic heterocycles. The number of anilines is 1. The highest BCUT2D eigenvalue weighted by Gasteiger charge is 2.27. The number of aromatic nitrogens is 6. The van der Waals surface area contributed by atoms with E-state index in [0.29, 0.717) is 24.1 Å². The summed E-state index contributed by atoms with van der Waals surface area (Å²) in [6, 6.07) is 6.02. The number of halogens is 2. The molecule has 0 radical (unpaired) electrons. The van der Waals surface area contributed by atoms with Gasteiger partial charge in [0.2, 0.25) is 23.5 Å². The van der Waals surface area contributed by atoms with E-state index >= 15 is 0 Å². The highest BCUT2D eigenvalue weighted by atomic mass is 35.5. The molecule has 16 heteroatoms. The summed E-state index contributed by atoms with van der Waals surface area (Å²) in [6.07, 6.45) is 5.79. The van der Waals surface area contributed by atoms with Gasteiger partial charge in [-0.05, 0) is 66.1 Å². The fourth-order valence-electron chi connectivity index (χ4n) is 4.64. The summed E-state index contributed by atoms with van der Waals surface area (Å²) < 4.78 is 16.1. The molecule has 3 amide bonds. The molecule has 14 nitrogen and oxygen atoms in total. The number of aromatic amines is 1. The van der Waals surface area contributed by atoms with Gasteiger partial charge in [0.05, 0.1) is 28.2 Å². The number of carbonyl (C=O) groups is 4. The Kier molecular flexibility index (Phi) is 8.71. The molecule has 4 aromatic rings. The molecule has 0 aliphatic carbocycles. The Morgan fingerprint density at radius 3 is 2.65 bits per heavy atom. The van der Waals surface area contributed by atoms with Crippen LogP contribution in [0.4, 0.5) is 10.1 Å². The third-order valence-electron chi connectivity index (χ3n) is 6.78. The number of nitrogens with one attached hydrogen (secondary N) is 3. The number of amides is 3. The second-order valence-electron chi connectivity index (χ2n) is 9.70. The van der Waals surface area contributed by atoms with Crippen LogP contribution in [-0.4, -0.2) is 83.0 Å². The molecule has 1 atom stereocenters. The molecule has 0 saturated carbocycles. The number of piperidine rings is 1. The third kappa shape index (κ3) is 6.83. The number of aromatic carboxylic acids is 1. The van der Waals surface area contributed by atoms with Gasteiger partial charge in [-0.1, -0.05) is 11.6 Å². The smallest absolute Gasteiger partial charge is 0.371 e. The number of hydrogen-bond donors (Lipinski definition) is 4. The number of carbonyl (C=O) groups excluding carboxylic acids is 3. The van der Waals surface area contributed by atoms with Gasteiger partial charge in [-0.15, -0.1) is 5.10 Å². The maximum atomic E-state index is 14.9. The van der Waals surface area contributed by atoms with Crippen LogP contribution in [0.1, 0.15) is 41.9 Å². The Balaban J connectivity index is 1.36. The van der Waals surface area contributed by atoms with Crippen molar-refractivity contribution in [3.05, 3.63) is 65.0 Å². The molecule has 3 heterocycles. The second-order valence-corrected chi connectivity index (χ2v) is 10.1. The highest BCUT2D eigenvalue weighted by Crippen LogP contribution is 2.25. The standard InChI is InChI=1S/C27H25ClFN9O5/c28-17-6-8-21(38-14-30-35-36-38)16(24(17)29)5-9-22(39)32-20(13-23(40)37-10-2-1-3-11-37)26(41)31-15-4-7-18-19(12-15)34-25(33-18)27(42)43/h4-9,12,14,20H,1-3,10-11,13H2,(H,31,41)(H,32,39)(H,33,34)(H,42,43)/b9-5+. The molecule has 2 aromatic carbocycles. The van der Waals surface area contributed by atoms with Crippen LogP contribution in [0.5, 0.6) is 0 Å². The molecule has 4 N–H and O–H groups in total. The number of fused-ring (bicyclic) bond motifs is 1. The minimum Gasteiger partial charge on any atom is -0.475 e. The number of tetrazole rings is 1. The molecule has 2 aromatic heterocycles. The first-order chi connectivity index (χ1) is 20.7. The monoisotopic (exact) mass is 609 g/mol. The summed E-state index contributed by atoms with van der Waals surface area (Å²) in [4.78, 5) is 58.9. The van der Waals surface area contributed by atoms with E-state index in [9.17, 15) is 28.7 Å². The summed E-state index contributed by atoms with van der Waals surface area (Å²) >= 11 is 5.95. The van der Waals surface area contributed by atoms with Gasteiger partial charge in [0.15, 0.2) is 5.82 Å². The molecule has 5 rings (SSSR count). The van der Waals surface area contributed by atoms with E-state index in [0.717, 1.165) is 25.3 Å². The number of likely N-dealkylation sites (tertiary alicyclic amines) is 1. The Morgan fingerprint density at radius 1 is 1.14 bits per heavy atom. The van der Waals surface area contributed by atoms with Gasteiger partial charge in [0, 0.05) is 30.4 Å². The first kappa shape index (κ1) is 29.3. The predicted molar refractivity (Wildman–Crippen MR) is 152 cm³/mol. The van der Waals surface area contributed by atoms with Crippen molar-refractivity contribution >= 4 is 58.1 Å². The lowest BCUT2D eigenvalue weighted by molar-refractivity contribution is -0.135. The fraction of sp³-hybridized carbons (Fsp3) is 0.259.